The first-order chi connectivity index (χ1) is 7.34. The fraction of sp³-hybridized carbons (Fsp3) is 0.615. The van der Waals surface area contributed by atoms with Gasteiger partial charge in [0.05, 0.1) is 0 Å². The van der Waals surface area contributed by atoms with E-state index < -0.39 is 0 Å². The SMILES string of the molecule is NC1C=CC(CCC2=CCCC=N2)CC1. The van der Waals surface area contributed by atoms with Crippen LogP contribution in [0.4, 0.5) is 0 Å². The van der Waals surface area contributed by atoms with Crippen LogP contribution in [-0.2, 0) is 0 Å². The summed E-state index contributed by atoms with van der Waals surface area (Å²) >= 11 is 0. The lowest BCUT2D eigenvalue weighted by atomic mass is 9.89. The second-order valence-corrected chi connectivity index (χ2v) is 4.51. The largest absolute Gasteiger partial charge is 0.324 e. The maximum absolute atomic E-state index is 5.81. The number of hydrogen-bond acceptors (Lipinski definition) is 2. The van der Waals surface area contributed by atoms with Crippen molar-refractivity contribution < 1.29 is 0 Å². The van der Waals surface area contributed by atoms with Gasteiger partial charge < -0.3 is 5.73 Å². The van der Waals surface area contributed by atoms with Gasteiger partial charge >= 0.3 is 0 Å². The molecule has 2 aliphatic rings. The molecular weight excluding hydrogens is 184 g/mol. The zero-order valence-corrected chi connectivity index (χ0v) is 9.23. The third-order valence-corrected chi connectivity index (χ3v) is 3.21. The molecule has 2 atom stereocenters. The van der Waals surface area contributed by atoms with Crippen LogP contribution in [0.5, 0.6) is 0 Å². The molecular formula is C13H20N2. The van der Waals surface area contributed by atoms with E-state index >= 15 is 0 Å². The van der Waals surface area contributed by atoms with Crippen LogP contribution in [0.15, 0.2) is 28.9 Å². The van der Waals surface area contributed by atoms with Gasteiger partial charge in [-0.05, 0) is 44.4 Å². The lowest BCUT2D eigenvalue weighted by Crippen LogP contribution is -2.21. The molecule has 1 aliphatic carbocycles. The monoisotopic (exact) mass is 204 g/mol. The molecule has 0 saturated heterocycles. The molecule has 2 unspecified atom stereocenters. The Labute approximate surface area is 92.0 Å². The van der Waals surface area contributed by atoms with Crippen molar-refractivity contribution >= 4 is 6.21 Å². The fourth-order valence-corrected chi connectivity index (χ4v) is 2.20. The molecule has 2 nitrogen and oxygen atoms in total. The molecule has 1 heterocycles. The van der Waals surface area contributed by atoms with Crippen molar-refractivity contribution in [2.75, 3.05) is 0 Å². The molecule has 0 spiro atoms. The highest BCUT2D eigenvalue weighted by molar-refractivity contribution is 5.60. The number of nitrogens with zero attached hydrogens (tertiary/aromatic N) is 1. The summed E-state index contributed by atoms with van der Waals surface area (Å²) in [6, 6.07) is 0.299. The Hall–Kier alpha value is -0.890. The van der Waals surface area contributed by atoms with E-state index in [1.165, 1.54) is 25.0 Å². The third kappa shape index (κ3) is 3.31. The van der Waals surface area contributed by atoms with Gasteiger partial charge in [-0.1, -0.05) is 18.2 Å². The molecule has 0 aromatic rings. The minimum Gasteiger partial charge on any atom is -0.324 e. The van der Waals surface area contributed by atoms with Crippen LogP contribution >= 0.6 is 0 Å². The summed E-state index contributed by atoms with van der Waals surface area (Å²) in [4.78, 5) is 4.42. The van der Waals surface area contributed by atoms with Crippen LogP contribution in [0.3, 0.4) is 0 Å². The van der Waals surface area contributed by atoms with E-state index in [1.807, 2.05) is 6.21 Å². The summed E-state index contributed by atoms with van der Waals surface area (Å²) in [6.45, 7) is 0. The average molecular weight is 204 g/mol. The standard InChI is InChI=1S/C13H20N2/c14-12-7-4-11(5-8-12)6-9-13-3-1-2-10-15-13/h3-4,7,10-12H,1-2,5-6,8-9,14H2. The number of hydrogen-bond donors (Lipinski definition) is 1. The lowest BCUT2D eigenvalue weighted by Gasteiger charge is -2.20. The highest BCUT2D eigenvalue weighted by atomic mass is 14.7. The van der Waals surface area contributed by atoms with E-state index in [4.69, 9.17) is 5.73 Å². The van der Waals surface area contributed by atoms with E-state index in [0.717, 1.165) is 25.2 Å². The van der Waals surface area contributed by atoms with Crippen molar-refractivity contribution in [3.8, 4) is 0 Å². The molecule has 0 saturated carbocycles. The Morgan fingerprint density at radius 1 is 1.27 bits per heavy atom. The van der Waals surface area contributed by atoms with Gasteiger partial charge in [-0.2, -0.15) is 0 Å². The van der Waals surface area contributed by atoms with E-state index in [9.17, 15) is 0 Å². The molecule has 82 valence electrons. The van der Waals surface area contributed by atoms with E-state index in [2.05, 4.69) is 23.2 Å². The normalized spacial score (nSPS) is 30.3. The van der Waals surface area contributed by atoms with Crippen molar-refractivity contribution in [2.24, 2.45) is 16.6 Å². The first-order valence-electron chi connectivity index (χ1n) is 6.00. The minimum atomic E-state index is 0.299. The van der Waals surface area contributed by atoms with Gasteiger partial charge in [0.1, 0.15) is 0 Å². The molecule has 0 bridgehead atoms. The summed E-state index contributed by atoms with van der Waals surface area (Å²) in [7, 11) is 0. The number of aliphatic imine (C=N–C) groups is 1. The Balaban J connectivity index is 1.76. The maximum Gasteiger partial charge on any atom is 0.0360 e. The molecule has 1 aliphatic heterocycles. The Kier molecular flexibility index (Phi) is 3.73. The molecule has 0 radical (unpaired) electrons. The van der Waals surface area contributed by atoms with Crippen molar-refractivity contribution in [1.29, 1.82) is 0 Å². The summed E-state index contributed by atoms with van der Waals surface area (Å²) in [5.74, 6) is 0.725. The van der Waals surface area contributed by atoms with Gasteiger partial charge in [0.25, 0.3) is 0 Å². The van der Waals surface area contributed by atoms with Crippen LogP contribution in [-0.4, -0.2) is 12.3 Å². The van der Waals surface area contributed by atoms with Crippen molar-refractivity contribution in [2.45, 2.75) is 44.6 Å². The van der Waals surface area contributed by atoms with E-state index in [1.54, 1.807) is 0 Å². The van der Waals surface area contributed by atoms with Crippen molar-refractivity contribution in [3.63, 3.8) is 0 Å². The highest BCUT2D eigenvalue weighted by Gasteiger charge is 2.13. The molecule has 2 N–H and O–H groups in total. The Morgan fingerprint density at radius 2 is 2.20 bits per heavy atom. The van der Waals surface area contributed by atoms with Crippen LogP contribution in [0.25, 0.3) is 0 Å². The Bertz CT molecular complexity index is 289. The van der Waals surface area contributed by atoms with E-state index in [-0.39, 0.29) is 0 Å². The second kappa shape index (κ2) is 5.26. The van der Waals surface area contributed by atoms with Gasteiger partial charge in [0.15, 0.2) is 0 Å². The lowest BCUT2D eigenvalue weighted by molar-refractivity contribution is 0.479. The molecule has 0 aromatic heterocycles. The van der Waals surface area contributed by atoms with Crippen LogP contribution in [0, 0.1) is 5.92 Å². The predicted molar refractivity (Wildman–Crippen MR) is 64.9 cm³/mol. The van der Waals surface area contributed by atoms with Crippen molar-refractivity contribution in [3.05, 3.63) is 23.9 Å². The zero-order chi connectivity index (χ0) is 10.5. The molecule has 2 heteroatoms. The molecule has 0 fully saturated rings. The minimum absolute atomic E-state index is 0.299. The van der Waals surface area contributed by atoms with Gasteiger partial charge in [0, 0.05) is 18.0 Å². The summed E-state index contributed by atoms with van der Waals surface area (Å²) in [5.41, 5.74) is 7.10. The quantitative estimate of drug-likeness (QED) is 0.705. The number of allylic oxidation sites excluding steroid dienone is 3. The third-order valence-electron chi connectivity index (χ3n) is 3.21. The maximum atomic E-state index is 5.81. The summed E-state index contributed by atoms with van der Waals surface area (Å²) in [6.07, 6.45) is 15.8. The number of rotatable bonds is 3. The summed E-state index contributed by atoms with van der Waals surface area (Å²) in [5, 5.41) is 0. The highest BCUT2D eigenvalue weighted by Crippen LogP contribution is 2.24. The second-order valence-electron chi connectivity index (χ2n) is 4.51. The predicted octanol–water partition coefficient (Wildman–Crippen LogP) is 2.81. The average Bonchev–Trinajstić information content (AvgIpc) is 2.30. The zero-order valence-electron chi connectivity index (χ0n) is 9.23. The first kappa shape index (κ1) is 10.6. The van der Waals surface area contributed by atoms with Gasteiger partial charge in [-0.25, -0.2) is 0 Å². The molecule has 0 aromatic carbocycles. The van der Waals surface area contributed by atoms with Crippen LogP contribution in [0.2, 0.25) is 0 Å². The Morgan fingerprint density at radius 3 is 2.87 bits per heavy atom. The van der Waals surface area contributed by atoms with Crippen LogP contribution < -0.4 is 5.73 Å². The van der Waals surface area contributed by atoms with Crippen LogP contribution in [0.1, 0.15) is 38.5 Å². The molecule has 0 amide bonds. The van der Waals surface area contributed by atoms with Gasteiger partial charge in [0.2, 0.25) is 0 Å². The fourth-order valence-electron chi connectivity index (χ4n) is 2.20. The summed E-state index contributed by atoms with van der Waals surface area (Å²) < 4.78 is 0. The van der Waals surface area contributed by atoms with Gasteiger partial charge in [-0.15, -0.1) is 0 Å². The molecule has 2 rings (SSSR count). The topological polar surface area (TPSA) is 38.4 Å². The molecule has 15 heavy (non-hydrogen) atoms. The smallest absolute Gasteiger partial charge is 0.0360 e. The number of nitrogens with two attached hydrogens (primary N) is 1. The van der Waals surface area contributed by atoms with Crippen molar-refractivity contribution in [1.82, 2.24) is 0 Å². The van der Waals surface area contributed by atoms with E-state index in [0.29, 0.717) is 6.04 Å². The van der Waals surface area contributed by atoms with Gasteiger partial charge in [-0.3, -0.25) is 4.99 Å². The first-order valence-corrected chi connectivity index (χ1v) is 6.00.